The zero-order valence-corrected chi connectivity index (χ0v) is 10.3. The molecule has 0 amide bonds. The second kappa shape index (κ2) is 6.44. The first-order valence-corrected chi connectivity index (χ1v) is 7.05. The number of halogens is 3. The smallest absolute Gasteiger partial charge is 0.306 e. The quantitative estimate of drug-likeness (QED) is 0.759. The van der Waals surface area contributed by atoms with E-state index < -0.39 is 22.1 Å². The average Bonchev–Trinajstić information content (AvgIpc) is 2.15. The Kier molecular flexibility index (Phi) is 6.32. The molecule has 0 bridgehead atoms. The summed E-state index contributed by atoms with van der Waals surface area (Å²) in [5.74, 6) is -0.202. The van der Waals surface area contributed by atoms with E-state index in [9.17, 15) is 21.6 Å². The summed E-state index contributed by atoms with van der Waals surface area (Å²) in [5.41, 5.74) is 0. The van der Waals surface area contributed by atoms with E-state index in [0.29, 0.717) is 0 Å². The van der Waals surface area contributed by atoms with E-state index in [4.69, 9.17) is 0 Å². The van der Waals surface area contributed by atoms with Crippen LogP contribution in [0.25, 0.3) is 0 Å². The number of nitrogens with one attached hydrogen (secondary N) is 1. The second-order valence-electron chi connectivity index (χ2n) is 3.53. The molecule has 1 atom stereocenters. The summed E-state index contributed by atoms with van der Waals surface area (Å²) >= 11 is 0. The summed E-state index contributed by atoms with van der Waals surface area (Å²) in [4.78, 5) is 0. The van der Waals surface area contributed by atoms with Gasteiger partial charge in [0.15, 0.2) is 0 Å². The van der Waals surface area contributed by atoms with Gasteiger partial charge in [-0.2, -0.15) is 13.2 Å². The number of sulfone groups is 1. The molecular weight excluding hydrogens is 243 g/mol. The summed E-state index contributed by atoms with van der Waals surface area (Å²) in [7, 11) is -3.17. The minimum atomic E-state index is -4.31. The van der Waals surface area contributed by atoms with Crippen LogP contribution >= 0.6 is 0 Å². The number of hydrogen-bond acceptors (Lipinski definition) is 3. The molecule has 0 aliphatic carbocycles. The van der Waals surface area contributed by atoms with Crippen molar-refractivity contribution in [2.75, 3.05) is 18.1 Å². The van der Waals surface area contributed by atoms with E-state index in [-0.39, 0.29) is 30.9 Å². The normalized spacial score (nSPS) is 15.1. The first-order chi connectivity index (χ1) is 7.23. The predicted octanol–water partition coefficient (Wildman–Crippen LogP) is 1.74. The van der Waals surface area contributed by atoms with Crippen molar-refractivity contribution in [2.24, 2.45) is 0 Å². The zero-order chi connectivity index (χ0) is 12.8. The van der Waals surface area contributed by atoms with Gasteiger partial charge in [-0.25, -0.2) is 8.42 Å². The van der Waals surface area contributed by atoms with Crippen molar-refractivity contribution >= 4 is 9.84 Å². The van der Waals surface area contributed by atoms with Crippen molar-refractivity contribution < 1.29 is 21.6 Å². The maximum atomic E-state index is 12.4. The lowest BCUT2D eigenvalue weighted by molar-refractivity contribution is -0.157. The highest BCUT2D eigenvalue weighted by atomic mass is 32.2. The van der Waals surface area contributed by atoms with Crippen LogP contribution in [0.5, 0.6) is 0 Å². The standard InChI is InChI=1S/C9H18F3NO2S/c1-3-13-8(9(10,11)12)6-5-7-16(14,15)4-2/h8,13H,3-7H2,1-2H3. The third kappa shape index (κ3) is 6.32. The van der Waals surface area contributed by atoms with Gasteiger partial charge < -0.3 is 5.32 Å². The van der Waals surface area contributed by atoms with Crippen LogP contribution in [0.4, 0.5) is 13.2 Å². The molecule has 1 N–H and O–H groups in total. The van der Waals surface area contributed by atoms with Gasteiger partial charge in [0, 0.05) is 5.75 Å². The molecule has 0 radical (unpaired) electrons. The van der Waals surface area contributed by atoms with E-state index in [2.05, 4.69) is 5.32 Å². The van der Waals surface area contributed by atoms with Crippen molar-refractivity contribution in [3.63, 3.8) is 0 Å². The first-order valence-electron chi connectivity index (χ1n) is 5.23. The minimum Gasteiger partial charge on any atom is -0.306 e. The molecule has 3 nitrogen and oxygen atoms in total. The lowest BCUT2D eigenvalue weighted by atomic mass is 10.1. The Morgan fingerprint density at radius 1 is 1.25 bits per heavy atom. The van der Waals surface area contributed by atoms with Crippen LogP contribution in [0.1, 0.15) is 26.7 Å². The van der Waals surface area contributed by atoms with Gasteiger partial charge >= 0.3 is 6.18 Å². The summed E-state index contributed by atoms with van der Waals surface area (Å²) < 4.78 is 59.4. The maximum Gasteiger partial charge on any atom is 0.403 e. The molecule has 0 fully saturated rings. The van der Waals surface area contributed by atoms with Gasteiger partial charge in [-0.1, -0.05) is 13.8 Å². The molecule has 98 valence electrons. The number of alkyl halides is 3. The lowest BCUT2D eigenvalue weighted by Crippen LogP contribution is -2.42. The van der Waals surface area contributed by atoms with Crippen molar-refractivity contribution in [3.05, 3.63) is 0 Å². The predicted molar refractivity (Wildman–Crippen MR) is 57.1 cm³/mol. The molecule has 0 aromatic rings. The van der Waals surface area contributed by atoms with Crippen LogP contribution in [0.15, 0.2) is 0 Å². The van der Waals surface area contributed by atoms with Gasteiger partial charge in [0.25, 0.3) is 0 Å². The zero-order valence-electron chi connectivity index (χ0n) is 9.47. The van der Waals surface area contributed by atoms with Gasteiger partial charge in [-0.05, 0) is 19.4 Å². The van der Waals surface area contributed by atoms with Crippen molar-refractivity contribution in [1.82, 2.24) is 5.32 Å². The molecule has 0 saturated heterocycles. The third-order valence-corrected chi connectivity index (χ3v) is 4.02. The summed E-state index contributed by atoms with van der Waals surface area (Å²) in [6.07, 6.45) is -4.48. The molecule has 7 heteroatoms. The van der Waals surface area contributed by atoms with Gasteiger partial charge in [-0.3, -0.25) is 0 Å². The van der Waals surface area contributed by atoms with E-state index in [1.54, 1.807) is 6.92 Å². The Labute approximate surface area is 94.3 Å². The van der Waals surface area contributed by atoms with E-state index in [1.807, 2.05) is 0 Å². The van der Waals surface area contributed by atoms with Crippen LogP contribution in [0.2, 0.25) is 0 Å². The monoisotopic (exact) mass is 261 g/mol. The SMILES string of the molecule is CCNC(CCCS(=O)(=O)CC)C(F)(F)F. The highest BCUT2D eigenvalue weighted by Crippen LogP contribution is 2.23. The van der Waals surface area contributed by atoms with E-state index in [0.717, 1.165) is 0 Å². The second-order valence-corrected chi connectivity index (χ2v) is 6.00. The van der Waals surface area contributed by atoms with Gasteiger partial charge in [-0.15, -0.1) is 0 Å². The molecule has 0 saturated carbocycles. The molecular formula is C9H18F3NO2S. The van der Waals surface area contributed by atoms with Crippen molar-refractivity contribution in [2.45, 2.75) is 38.9 Å². The Morgan fingerprint density at radius 3 is 2.19 bits per heavy atom. The fourth-order valence-corrected chi connectivity index (χ4v) is 2.17. The molecule has 0 aromatic carbocycles. The van der Waals surface area contributed by atoms with Crippen LogP contribution in [-0.2, 0) is 9.84 Å². The molecule has 0 heterocycles. The summed E-state index contributed by atoms with van der Waals surface area (Å²) in [6, 6.07) is -1.61. The highest BCUT2D eigenvalue weighted by Gasteiger charge is 2.38. The summed E-state index contributed by atoms with van der Waals surface area (Å²) in [5, 5.41) is 2.31. The van der Waals surface area contributed by atoms with E-state index in [1.165, 1.54) is 6.92 Å². The Hall–Kier alpha value is -0.300. The Balaban J connectivity index is 4.14. The largest absolute Gasteiger partial charge is 0.403 e. The van der Waals surface area contributed by atoms with Crippen molar-refractivity contribution in [3.8, 4) is 0 Å². The minimum absolute atomic E-state index is 0.0229. The van der Waals surface area contributed by atoms with Crippen LogP contribution in [0, 0.1) is 0 Å². The van der Waals surface area contributed by atoms with Crippen LogP contribution < -0.4 is 5.32 Å². The molecule has 0 aliphatic rings. The average molecular weight is 261 g/mol. The molecule has 0 rings (SSSR count). The molecule has 0 aromatic heterocycles. The first kappa shape index (κ1) is 15.7. The van der Waals surface area contributed by atoms with Crippen LogP contribution in [-0.4, -0.2) is 38.7 Å². The van der Waals surface area contributed by atoms with Gasteiger partial charge in [0.05, 0.1) is 5.75 Å². The van der Waals surface area contributed by atoms with Gasteiger partial charge in [0.1, 0.15) is 15.9 Å². The molecule has 0 aliphatic heterocycles. The number of rotatable bonds is 7. The lowest BCUT2D eigenvalue weighted by Gasteiger charge is -2.20. The third-order valence-electron chi connectivity index (χ3n) is 2.23. The van der Waals surface area contributed by atoms with E-state index >= 15 is 0 Å². The number of hydrogen-bond donors (Lipinski definition) is 1. The maximum absolute atomic E-state index is 12.4. The topological polar surface area (TPSA) is 46.2 Å². The van der Waals surface area contributed by atoms with Crippen LogP contribution in [0.3, 0.4) is 0 Å². The Morgan fingerprint density at radius 2 is 1.81 bits per heavy atom. The molecule has 0 spiro atoms. The summed E-state index contributed by atoms with van der Waals surface area (Å²) in [6.45, 7) is 3.28. The fourth-order valence-electron chi connectivity index (χ4n) is 1.28. The molecule has 16 heavy (non-hydrogen) atoms. The Bertz CT molecular complexity index is 288. The molecule has 1 unspecified atom stereocenters. The van der Waals surface area contributed by atoms with Gasteiger partial charge in [0.2, 0.25) is 0 Å². The van der Waals surface area contributed by atoms with Crippen molar-refractivity contribution in [1.29, 1.82) is 0 Å². The fraction of sp³-hybridized carbons (Fsp3) is 1.00. The highest BCUT2D eigenvalue weighted by molar-refractivity contribution is 7.91.